The van der Waals surface area contributed by atoms with Crippen LogP contribution in [0.3, 0.4) is 0 Å². The van der Waals surface area contributed by atoms with Gasteiger partial charge in [0.25, 0.3) is 0 Å². The summed E-state index contributed by atoms with van der Waals surface area (Å²) in [7, 11) is 1.67. The van der Waals surface area contributed by atoms with Gasteiger partial charge in [0.05, 0.1) is 23.9 Å². The van der Waals surface area contributed by atoms with E-state index in [1.54, 1.807) is 13.4 Å². The number of furan rings is 1. The van der Waals surface area contributed by atoms with Crippen LogP contribution in [0, 0.1) is 0 Å². The summed E-state index contributed by atoms with van der Waals surface area (Å²) in [6.45, 7) is 0.506. The molecule has 0 atom stereocenters. The summed E-state index contributed by atoms with van der Waals surface area (Å²) in [5, 5.41) is 0. The van der Waals surface area contributed by atoms with E-state index in [-0.39, 0.29) is 0 Å². The third-order valence-corrected chi connectivity index (χ3v) is 4.00. The van der Waals surface area contributed by atoms with Crippen molar-refractivity contribution in [2.45, 2.75) is 6.61 Å². The number of aromatic nitrogens is 2. The molecule has 0 aliphatic carbocycles. The first-order valence-corrected chi connectivity index (χ1v) is 7.67. The van der Waals surface area contributed by atoms with Gasteiger partial charge < -0.3 is 14.9 Å². The largest absolute Gasteiger partial charge is 0.464 e. The molecule has 0 unspecified atom stereocenters. The molecule has 2 aromatic heterocycles. The SMILES string of the molecule is COCc1ccoc1-c1cccc(-n2c(N)nc3ccccc32)c1. The maximum absolute atomic E-state index is 6.14. The first-order chi connectivity index (χ1) is 11.8. The second-order valence-corrected chi connectivity index (χ2v) is 5.55. The van der Waals surface area contributed by atoms with Gasteiger partial charge in [0.1, 0.15) is 5.76 Å². The average molecular weight is 319 g/mol. The maximum atomic E-state index is 6.14. The Hall–Kier alpha value is -3.05. The number of benzene rings is 2. The fourth-order valence-electron chi connectivity index (χ4n) is 2.96. The highest BCUT2D eigenvalue weighted by Crippen LogP contribution is 2.29. The molecule has 0 radical (unpaired) electrons. The Bertz CT molecular complexity index is 1000. The summed E-state index contributed by atoms with van der Waals surface area (Å²) < 4.78 is 12.8. The van der Waals surface area contributed by atoms with Gasteiger partial charge in [-0.2, -0.15) is 0 Å². The van der Waals surface area contributed by atoms with Crippen LogP contribution in [-0.2, 0) is 11.3 Å². The molecule has 120 valence electrons. The summed E-state index contributed by atoms with van der Waals surface area (Å²) in [5.41, 5.74) is 10.9. The molecule has 5 nitrogen and oxygen atoms in total. The minimum atomic E-state index is 0.463. The molecule has 0 amide bonds. The Balaban J connectivity index is 1.85. The molecule has 0 aliphatic heterocycles. The smallest absolute Gasteiger partial charge is 0.205 e. The van der Waals surface area contributed by atoms with Gasteiger partial charge in [-0.25, -0.2) is 4.98 Å². The van der Waals surface area contributed by atoms with E-state index in [0.717, 1.165) is 33.6 Å². The number of ether oxygens (including phenoxy) is 1. The van der Waals surface area contributed by atoms with E-state index >= 15 is 0 Å². The maximum Gasteiger partial charge on any atom is 0.205 e. The minimum absolute atomic E-state index is 0.463. The number of para-hydroxylation sites is 2. The third kappa shape index (κ3) is 2.35. The van der Waals surface area contributed by atoms with E-state index in [4.69, 9.17) is 14.9 Å². The van der Waals surface area contributed by atoms with Crippen molar-refractivity contribution in [2.75, 3.05) is 12.8 Å². The number of nitrogens with two attached hydrogens (primary N) is 1. The lowest BCUT2D eigenvalue weighted by Crippen LogP contribution is -2.00. The number of imidazole rings is 1. The summed E-state index contributed by atoms with van der Waals surface area (Å²) >= 11 is 0. The molecular formula is C19H17N3O2. The van der Waals surface area contributed by atoms with E-state index < -0.39 is 0 Å². The van der Waals surface area contributed by atoms with Crippen molar-refractivity contribution in [1.82, 2.24) is 9.55 Å². The van der Waals surface area contributed by atoms with Crippen molar-refractivity contribution >= 4 is 17.0 Å². The lowest BCUT2D eigenvalue weighted by atomic mass is 10.1. The number of hydrogen-bond acceptors (Lipinski definition) is 4. The Morgan fingerprint density at radius 3 is 2.88 bits per heavy atom. The molecule has 4 aromatic rings. The van der Waals surface area contributed by atoms with Crippen LogP contribution in [0.1, 0.15) is 5.56 Å². The Morgan fingerprint density at radius 1 is 1.12 bits per heavy atom. The molecule has 0 saturated heterocycles. The molecule has 2 aromatic carbocycles. The lowest BCUT2D eigenvalue weighted by molar-refractivity contribution is 0.185. The highest BCUT2D eigenvalue weighted by atomic mass is 16.5. The number of nitrogens with zero attached hydrogens (tertiary/aromatic N) is 2. The van der Waals surface area contributed by atoms with Gasteiger partial charge in [0, 0.05) is 23.9 Å². The van der Waals surface area contributed by atoms with Gasteiger partial charge in [-0.05, 0) is 30.3 Å². The van der Waals surface area contributed by atoms with Crippen molar-refractivity contribution in [2.24, 2.45) is 0 Å². The summed E-state index contributed by atoms with van der Waals surface area (Å²) in [6, 6.07) is 17.9. The molecule has 4 rings (SSSR count). The monoisotopic (exact) mass is 319 g/mol. The Morgan fingerprint density at radius 2 is 2.00 bits per heavy atom. The van der Waals surface area contributed by atoms with Crippen molar-refractivity contribution in [3.05, 3.63) is 66.4 Å². The number of rotatable bonds is 4. The average Bonchev–Trinajstić information content (AvgIpc) is 3.18. The molecule has 0 saturated carbocycles. The summed E-state index contributed by atoms with van der Waals surface area (Å²) in [4.78, 5) is 4.43. The predicted octanol–water partition coefficient (Wildman–Crippen LogP) is 4.01. The standard InChI is InChI=1S/C19H17N3O2/c1-23-12-14-9-10-24-18(14)13-5-4-6-15(11-13)22-17-8-3-2-7-16(17)21-19(22)20/h2-11H,12H2,1H3,(H2,20,21). The fraction of sp³-hybridized carbons (Fsp3) is 0.105. The topological polar surface area (TPSA) is 66.2 Å². The van der Waals surface area contributed by atoms with Crippen molar-refractivity contribution in [1.29, 1.82) is 0 Å². The predicted molar refractivity (Wildman–Crippen MR) is 93.9 cm³/mol. The molecule has 0 bridgehead atoms. The van der Waals surface area contributed by atoms with Gasteiger partial charge in [-0.15, -0.1) is 0 Å². The van der Waals surface area contributed by atoms with Gasteiger partial charge in [0.2, 0.25) is 5.95 Å². The van der Waals surface area contributed by atoms with E-state index in [9.17, 15) is 0 Å². The second kappa shape index (κ2) is 5.86. The third-order valence-electron chi connectivity index (χ3n) is 4.00. The number of fused-ring (bicyclic) bond motifs is 1. The molecule has 0 fully saturated rings. The fourth-order valence-corrected chi connectivity index (χ4v) is 2.96. The van der Waals surface area contributed by atoms with Gasteiger partial charge in [-0.1, -0.05) is 24.3 Å². The lowest BCUT2D eigenvalue weighted by Gasteiger charge is -2.09. The first kappa shape index (κ1) is 14.5. The van der Waals surface area contributed by atoms with E-state index in [2.05, 4.69) is 4.98 Å². The minimum Gasteiger partial charge on any atom is -0.464 e. The number of methoxy groups -OCH3 is 1. The molecule has 0 spiro atoms. The Kier molecular flexibility index (Phi) is 3.55. The van der Waals surface area contributed by atoms with Crippen LogP contribution in [0.5, 0.6) is 0 Å². The Labute approximate surface area is 139 Å². The molecule has 24 heavy (non-hydrogen) atoms. The molecule has 2 N–H and O–H groups in total. The van der Waals surface area contributed by atoms with Crippen LogP contribution < -0.4 is 5.73 Å². The van der Waals surface area contributed by atoms with Gasteiger partial charge in [-0.3, -0.25) is 4.57 Å². The zero-order chi connectivity index (χ0) is 16.5. The van der Waals surface area contributed by atoms with Crippen molar-refractivity contribution in [3.8, 4) is 17.0 Å². The zero-order valence-corrected chi connectivity index (χ0v) is 13.3. The second-order valence-electron chi connectivity index (χ2n) is 5.55. The normalized spacial score (nSPS) is 11.2. The van der Waals surface area contributed by atoms with Gasteiger partial charge >= 0.3 is 0 Å². The van der Waals surface area contributed by atoms with Gasteiger partial charge in [0.15, 0.2) is 0 Å². The van der Waals surface area contributed by atoms with Crippen LogP contribution in [0.2, 0.25) is 0 Å². The summed E-state index contributed by atoms with van der Waals surface area (Å²) in [5.74, 6) is 1.27. The number of anilines is 1. The van der Waals surface area contributed by atoms with Crippen LogP contribution in [0.15, 0.2) is 65.3 Å². The molecule has 5 heteroatoms. The molecule has 0 aliphatic rings. The highest BCUT2D eigenvalue weighted by molar-refractivity contribution is 5.81. The van der Waals surface area contributed by atoms with E-state index in [1.807, 2.05) is 59.2 Å². The number of nitrogen functional groups attached to an aromatic ring is 1. The van der Waals surface area contributed by atoms with Crippen LogP contribution in [0.4, 0.5) is 5.95 Å². The quantitative estimate of drug-likeness (QED) is 0.617. The molecule has 2 heterocycles. The molecular weight excluding hydrogens is 302 g/mol. The van der Waals surface area contributed by atoms with Crippen molar-refractivity contribution in [3.63, 3.8) is 0 Å². The zero-order valence-electron chi connectivity index (χ0n) is 13.3. The van der Waals surface area contributed by atoms with E-state index in [1.165, 1.54) is 0 Å². The van der Waals surface area contributed by atoms with Crippen LogP contribution in [0.25, 0.3) is 28.0 Å². The first-order valence-electron chi connectivity index (χ1n) is 7.67. The summed E-state index contributed by atoms with van der Waals surface area (Å²) in [6.07, 6.45) is 1.68. The number of hydrogen-bond donors (Lipinski definition) is 1. The van der Waals surface area contributed by atoms with Crippen molar-refractivity contribution < 1.29 is 9.15 Å². The van der Waals surface area contributed by atoms with E-state index in [0.29, 0.717) is 12.6 Å². The van der Waals surface area contributed by atoms with Crippen LogP contribution in [-0.4, -0.2) is 16.7 Å². The highest BCUT2D eigenvalue weighted by Gasteiger charge is 2.13. The van der Waals surface area contributed by atoms with Crippen LogP contribution >= 0.6 is 0 Å².